The summed E-state index contributed by atoms with van der Waals surface area (Å²) in [6.45, 7) is 0.336. The fourth-order valence-corrected chi connectivity index (χ4v) is 5.90. The van der Waals surface area contributed by atoms with E-state index in [2.05, 4.69) is 52.9 Å². The summed E-state index contributed by atoms with van der Waals surface area (Å²) in [6.07, 6.45) is 1.58. The Bertz CT molecular complexity index is 1980. The molecule has 0 unspecified atom stereocenters. The van der Waals surface area contributed by atoms with E-state index in [9.17, 15) is 4.79 Å². The lowest BCUT2D eigenvalue weighted by atomic mass is 10.2. The van der Waals surface area contributed by atoms with Crippen molar-refractivity contribution in [3.63, 3.8) is 0 Å². The average Bonchev–Trinajstić information content (AvgIpc) is 3.41. The van der Waals surface area contributed by atoms with E-state index in [0.717, 1.165) is 19.9 Å². The van der Waals surface area contributed by atoms with Gasteiger partial charge in [-0.15, -0.1) is 0 Å². The molecule has 7 nitrogen and oxygen atoms in total. The number of ether oxygens (including phenoxy) is 2. The highest BCUT2D eigenvalue weighted by molar-refractivity contribution is 9.11. The minimum absolute atomic E-state index is 0.296. The largest absolute Gasteiger partial charge is 0.493 e. The van der Waals surface area contributed by atoms with Gasteiger partial charge in [0.25, 0.3) is 5.56 Å². The summed E-state index contributed by atoms with van der Waals surface area (Å²) in [5.41, 5.74) is 2.60. The van der Waals surface area contributed by atoms with Crippen LogP contribution in [-0.4, -0.2) is 23.0 Å². The minimum atomic E-state index is -0.314. The van der Waals surface area contributed by atoms with Crippen LogP contribution in [0.1, 0.15) is 11.1 Å². The normalized spacial score (nSPS) is 11.5. The first kappa shape index (κ1) is 27.4. The van der Waals surface area contributed by atoms with E-state index in [4.69, 9.17) is 18.9 Å². The quantitative estimate of drug-likeness (QED) is 0.154. The van der Waals surface area contributed by atoms with Crippen LogP contribution in [0, 0.1) is 0 Å². The summed E-state index contributed by atoms with van der Waals surface area (Å²) >= 11 is 10.7. The highest BCUT2D eigenvalue weighted by Gasteiger charge is 2.17. The third-order valence-corrected chi connectivity index (χ3v) is 8.31. The Morgan fingerprint density at radius 3 is 2.54 bits per heavy atom. The van der Waals surface area contributed by atoms with Gasteiger partial charge in [-0.05, 0) is 64.5 Å². The summed E-state index contributed by atoms with van der Waals surface area (Å²) in [6, 6.07) is 26.2. The predicted octanol–water partition coefficient (Wildman–Crippen LogP) is 8.57. The number of para-hydroxylation sites is 2. The number of methoxy groups -OCH3 is 1. The van der Waals surface area contributed by atoms with Gasteiger partial charge in [-0.2, -0.15) is 9.78 Å². The summed E-state index contributed by atoms with van der Waals surface area (Å²) in [5.74, 6) is 1.80. The Balaban J connectivity index is 1.38. The van der Waals surface area contributed by atoms with Crippen LogP contribution in [0.25, 0.3) is 33.5 Å². The van der Waals surface area contributed by atoms with Crippen LogP contribution in [0.3, 0.4) is 0 Å². The molecule has 0 amide bonds. The SMILES string of the molecule is COc1cc(C=Nn2c(-c3cc4ccccc4o3)nc3ccccc3c2=O)c(Br)cc1OCc1ccc(Br)cc1Br. The fourth-order valence-electron chi connectivity index (χ4n) is 4.32. The molecule has 2 aromatic heterocycles. The van der Waals surface area contributed by atoms with E-state index < -0.39 is 0 Å². The maximum absolute atomic E-state index is 13.6. The second kappa shape index (κ2) is 11.6. The van der Waals surface area contributed by atoms with Gasteiger partial charge in [-0.25, -0.2) is 4.98 Å². The third-order valence-electron chi connectivity index (χ3n) is 6.39. The van der Waals surface area contributed by atoms with Gasteiger partial charge >= 0.3 is 0 Å². The number of rotatable bonds is 7. The first-order valence-electron chi connectivity index (χ1n) is 12.4. The molecule has 0 bridgehead atoms. The number of fused-ring (bicyclic) bond motifs is 2. The molecule has 0 saturated heterocycles. The second-order valence-electron chi connectivity index (χ2n) is 9.01. The van der Waals surface area contributed by atoms with Crippen LogP contribution in [0.2, 0.25) is 0 Å². The Hall–Kier alpha value is -3.73. The molecule has 0 saturated carbocycles. The number of furan rings is 1. The second-order valence-corrected chi connectivity index (χ2v) is 11.6. The Kier molecular flexibility index (Phi) is 7.79. The molecular formula is C31H20Br3N3O4. The van der Waals surface area contributed by atoms with Crippen molar-refractivity contribution in [3.05, 3.63) is 120 Å². The van der Waals surface area contributed by atoms with E-state index in [1.54, 1.807) is 37.6 Å². The summed E-state index contributed by atoms with van der Waals surface area (Å²) in [7, 11) is 1.57. The predicted molar refractivity (Wildman–Crippen MR) is 171 cm³/mol. The summed E-state index contributed by atoms with van der Waals surface area (Å²) in [5, 5.41) is 5.92. The third kappa shape index (κ3) is 5.59. The highest BCUT2D eigenvalue weighted by atomic mass is 79.9. The molecule has 10 heteroatoms. The Labute approximate surface area is 259 Å². The van der Waals surface area contributed by atoms with Crippen LogP contribution in [0.4, 0.5) is 0 Å². The van der Waals surface area contributed by atoms with Gasteiger partial charge < -0.3 is 13.9 Å². The van der Waals surface area contributed by atoms with Crippen molar-refractivity contribution in [2.75, 3.05) is 7.11 Å². The molecule has 2 heterocycles. The molecule has 0 aliphatic carbocycles. The number of hydrogen-bond donors (Lipinski definition) is 0. The summed E-state index contributed by atoms with van der Waals surface area (Å²) < 4.78 is 21.6. The number of aromatic nitrogens is 2. The summed E-state index contributed by atoms with van der Waals surface area (Å²) in [4.78, 5) is 18.3. The highest BCUT2D eigenvalue weighted by Crippen LogP contribution is 2.34. The molecule has 4 aromatic carbocycles. The molecule has 204 valence electrons. The van der Waals surface area contributed by atoms with Crippen molar-refractivity contribution in [3.8, 4) is 23.1 Å². The lowest BCUT2D eigenvalue weighted by Crippen LogP contribution is -2.20. The van der Waals surface area contributed by atoms with Crippen molar-refractivity contribution in [2.24, 2.45) is 5.10 Å². The van der Waals surface area contributed by atoms with E-state index in [0.29, 0.717) is 56.2 Å². The monoisotopic (exact) mass is 735 g/mol. The van der Waals surface area contributed by atoms with Crippen molar-refractivity contribution >= 4 is 75.9 Å². The molecule has 0 radical (unpaired) electrons. The van der Waals surface area contributed by atoms with Gasteiger partial charge in [0.15, 0.2) is 17.3 Å². The van der Waals surface area contributed by atoms with Gasteiger partial charge in [0.1, 0.15) is 12.2 Å². The zero-order valence-corrected chi connectivity index (χ0v) is 26.2. The van der Waals surface area contributed by atoms with E-state index in [1.165, 1.54) is 4.68 Å². The zero-order chi connectivity index (χ0) is 28.5. The lowest BCUT2D eigenvalue weighted by Gasteiger charge is -2.14. The Morgan fingerprint density at radius 1 is 0.927 bits per heavy atom. The smallest absolute Gasteiger partial charge is 0.282 e. The van der Waals surface area contributed by atoms with Crippen molar-refractivity contribution < 1.29 is 13.9 Å². The Morgan fingerprint density at radius 2 is 1.73 bits per heavy atom. The molecule has 0 spiro atoms. The van der Waals surface area contributed by atoms with Gasteiger partial charge in [-0.1, -0.05) is 68.3 Å². The zero-order valence-electron chi connectivity index (χ0n) is 21.5. The molecule has 6 rings (SSSR count). The first-order chi connectivity index (χ1) is 19.9. The van der Waals surface area contributed by atoms with Crippen LogP contribution in [-0.2, 0) is 6.61 Å². The molecular weight excluding hydrogens is 718 g/mol. The average molecular weight is 738 g/mol. The van der Waals surface area contributed by atoms with Crippen molar-refractivity contribution in [1.82, 2.24) is 9.66 Å². The minimum Gasteiger partial charge on any atom is -0.493 e. The number of benzene rings is 4. The molecule has 0 N–H and O–H groups in total. The standard InChI is InChI=1S/C31H20Br3N3O4/c1-39-27-13-20(24(34)15-28(27)40-17-19-10-11-21(32)14-23(19)33)16-35-37-30(29-12-18-6-2-5-9-26(18)41-29)36-25-8-4-3-7-22(25)31(37)38/h2-16H,17H2,1H3. The molecule has 0 atom stereocenters. The molecule has 41 heavy (non-hydrogen) atoms. The topological polar surface area (TPSA) is 78.9 Å². The van der Waals surface area contributed by atoms with Crippen LogP contribution in [0.15, 0.2) is 113 Å². The lowest BCUT2D eigenvalue weighted by molar-refractivity contribution is 0.283. The van der Waals surface area contributed by atoms with Gasteiger partial charge in [0, 0.05) is 29.9 Å². The number of halogens is 3. The van der Waals surface area contributed by atoms with Crippen LogP contribution < -0.4 is 15.0 Å². The fraction of sp³-hybridized carbons (Fsp3) is 0.0645. The van der Waals surface area contributed by atoms with Gasteiger partial charge in [-0.3, -0.25) is 4.79 Å². The van der Waals surface area contributed by atoms with Crippen LogP contribution in [0.5, 0.6) is 11.5 Å². The molecule has 0 aliphatic heterocycles. The van der Waals surface area contributed by atoms with Gasteiger partial charge in [0.2, 0.25) is 5.82 Å². The molecule has 0 fully saturated rings. The maximum atomic E-state index is 13.6. The molecule has 6 aromatic rings. The van der Waals surface area contributed by atoms with E-state index >= 15 is 0 Å². The van der Waals surface area contributed by atoms with E-state index in [-0.39, 0.29) is 5.56 Å². The first-order valence-corrected chi connectivity index (χ1v) is 14.8. The number of hydrogen-bond acceptors (Lipinski definition) is 6. The maximum Gasteiger partial charge on any atom is 0.282 e. The molecule has 0 aliphatic rings. The van der Waals surface area contributed by atoms with Gasteiger partial charge in [0.05, 0.1) is 24.2 Å². The van der Waals surface area contributed by atoms with Crippen molar-refractivity contribution in [1.29, 1.82) is 0 Å². The van der Waals surface area contributed by atoms with Crippen LogP contribution >= 0.6 is 47.8 Å². The van der Waals surface area contributed by atoms with E-state index in [1.807, 2.05) is 60.7 Å². The number of nitrogens with zero attached hydrogens (tertiary/aromatic N) is 3. The van der Waals surface area contributed by atoms with Crippen molar-refractivity contribution in [2.45, 2.75) is 6.61 Å².